The molecule has 0 aliphatic carbocycles. The lowest BCUT2D eigenvalue weighted by atomic mass is 10.2. The molecule has 7 nitrogen and oxygen atoms in total. The van der Waals surface area contributed by atoms with Crippen molar-refractivity contribution in [2.24, 2.45) is 0 Å². The van der Waals surface area contributed by atoms with Crippen LogP contribution in [-0.4, -0.2) is 34.9 Å². The first-order valence-electron chi connectivity index (χ1n) is 9.54. The number of aryl methyl sites for hydroxylation is 1. The fourth-order valence-corrected chi connectivity index (χ4v) is 4.14. The number of urea groups is 1. The Bertz CT molecular complexity index is 1010. The Kier molecular flexibility index (Phi) is 5.62. The highest BCUT2D eigenvalue weighted by atomic mass is 32.1. The van der Waals surface area contributed by atoms with Gasteiger partial charge in [-0.05, 0) is 49.6 Å². The van der Waals surface area contributed by atoms with Gasteiger partial charge in [0.15, 0.2) is 10.8 Å². The average Bonchev–Trinajstić information content (AvgIpc) is 3.47. The number of carbonyl (C=O) groups is 2. The van der Waals surface area contributed by atoms with Crippen LogP contribution >= 0.6 is 11.3 Å². The van der Waals surface area contributed by atoms with Gasteiger partial charge in [0, 0.05) is 30.2 Å². The molecule has 1 saturated heterocycles. The lowest BCUT2D eigenvalue weighted by molar-refractivity contribution is 0.0946. The number of benzene rings is 1. The summed E-state index contributed by atoms with van der Waals surface area (Å²) in [5.74, 6) is 0.418. The molecule has 0 spiro atoms. The zero-order chi connectivity index (χ0) is 20.2. The number of hydrogen-bond donors (Lipinski definition) is 2. The maximum Gasteiger partial charge on any atom is 0.321 e. The van der Waals surface area contributed by atoms with Crippen LogP contribution in [0.5, 0.6) is 0 Å². The van der Waals surface area contributed by atoms with E-state index in [1.165, 1.54) is 11.3 Å². The molecular weight excluding hydrogens is 388 g/mol. The summed E-state index contributed by atoms with van der Waals surface area (Å²) >= 11 is 1.43. The second-order valence-electron chi connectivity index (χ2n) is 6.91. The summed E-state index contributed by atoms with van der Waals surface area (Å²) in [5.41, 5.74) is 2.02. The van der Waals surface area contributed by atoms with Crippen molar-refractivity contribution in [1.29, 1.82) is 0 Å². The zero-order valence-electron chi connectivity index (χ0n) is 16.1. The van der Waals surface area contributed by atoms with Crippen LogP contribution in [0.4, 0.5) is 10.5 Å². The number of amides is 3. The number of likely N-dealkylation sites (tertiary alicyclic amines) is 1. The third-order valence-corrected chi connectivity index (χ3v) is 5.75. The van der Waals surface area contributed by atoms with Crippen LogP contribution in [0.15, 0.2) is 47.1 Å². The van der Waals surface area contributed by atoms with Gasteiger partial charge in [-0.15, -0.1) is 11.3 Å². The van der Waals surface area contributed by atoms with E-state index >= 15 is 0 Å². The highest BCUT2D eigenvalue weighted by Crippen LogP contribution is 2.27. The largest absolute Gasteiger partial charge is 0.462 e. The van der Waals surface area contributed by atoms with E-state index in [0.717, 1.165) is 42.1 Å². The SMILES string of the molecule is Cc1sc(-c2ccco2)nc1C(=O)NCc1cccc(NC(=O)N2CCCC2)c1. The predicted molar refractivity (Wildman–Crippen MR) is 112 cm³/mol. The third kappa shape index (κ3) is 4.48. The normalized spacial score (nSPS) is 13.5. The summed E-state index contributed by atoms with van der Waals surface area (Å²) in [5, 5.41) is 6.51. The van der Waals surface area contributed by atoms with Crippen molar-refractivity contribution in [3.63, 3.8) is 0 Å². The molecule has 1 aromatic carbocycles. The van der Waals surface area contributed by atoms with E-state index in [-0.39, 0.29) is 11.9 Å². The van der Waals surface area contributed by atoms with Gasteiger partial charge in [0.05, 0.1) is 6.26 Å². The maximum absolute atomic E-state index is 12.6. The zero-order valence-corrected chi connectivity index (χ0v) is 16.9. The molecule has 3 amide bonds. The standard InChI is InChI=1S/C21H22N4O3S/c1-14-18(24-20(29-14)17-8-5-11-28-17)19(26)22-13-15-6-4-7-16(12-15)23-21(27)25-9-2-3-10-25/h4-8,11-12H,2-3,9-10,13H2,1H3,(H,22,26)(H,23,27). The Morgan fingerprint density at radius 2 is 2.03 bits per heavy atom. The fourth-order valence-electron chi connectivity index (χ4n) is 3.26. The number of anilines is 1. The van der Waals surface area contributed by atoms with E-state index in [9.17, 15) is 9.59 Å². The van der Waals surface area contributed by atoms with Crippen LogP contribution in [0.3, 0.4) is 0 Å². The number of aromatic nitrogens is 1. The number of furan rings is 1. The molecule has 3 heterocycles. The minimum atomic E-state index is -0.233. The van der Waals surface area contributed by atoms with Crippen molar-refractivity contribution in [1.82, 2.24) is 15.2 Å². The van der Waals surface area contributed by atoms with E-state index in [2.05, 4.69) is 15.6 Å². The maximum atomic E-state index is 12.6. The van der Waals surface area contributed by atoms with Crippen molar-refractivity contribution in [2.45, 2.75) is 26.3 Å². The molecule has 3 aromatic rings. The highest BCUT2D eigenvalue weighted by molar-refractivity contribution is 7.15. The molecule has 1 aliphatic heterocycles. The third-order valence-electron chi connectivity index (χ3n) is 4.77. The van der Waals surface area contributed by atoms with Gasteiger partial charge in [0.1, 0.15) is 5.69 Å². The van der Waals surface area contributed by atoms with Crippen LogP contribution in [0.25, 0.3) is 10.8 Å². The molecule has 2 aromatic heterocycles. The van der Waals surface area contributed by atoms with E-state index in [1.807, 2.05) is 42.2 Å². The molecule has 1 aliphatic rings. The van der Waals surface area contributed by atoms with Crippen molar-refractivity contribution in [2.75, 3.05) is 18.4 Å². The number of rotatable bonds is 5. The van der Waals surface area contributed by atoms with E-state index in [0.29, 0.717) is 23.0 Å². The summed E-state index contributed by atoms with van der Waals surface area (Å²) in [6.07, 6.45) is 3.69. The van der Waals surface area contributed by atoms with E-state index < -0.39 is 0 Å². The molecule has 1 fully saturated rings. The second kappa shape index (κ2) is 8.48. The first-order valence-corrected chi connectivity index (χ1v) is 10.4. The van der Waals surface area contributed by atoms with Crippen LogP contribution in [0, 0.1) is 6.92 Å². The minimum Gasteiger partial charge on any atom is -0.462 e. The molecule has 0 atom stereocenters. The van der Waals surface area contributed by atoms with E-state index in [4.69, 9.17) is 4.42 Å². The number of nitrogens with one attached hydrogen (secondary N) is 2. The fraction of sp³-hybridized carbons (Fsp3) is 0.286. The molecule has 4 rings (SSSR count). The van der Waals surface area contributed by atoms with Gasteiger partial charge < -0.3 is 20.0 Å². The molecule has 0 unspecified atom stereocenters. The monoisotopic (exact) mass is 410 g/mol. The molecule has 0 radical (unpaired) electrons. The Balaban J connectivity index is 1.37. The Morgan fingerprint density at radius 3 is 2.79 bits per heavy atom. The number of carbonyl (C=O) groups excluding carboxylic acids is 2. The van der Waals surface area contributed by atoms with Gasteiger partial charge in [-0.2, -0.15) is 0 Å². The molecule has 2 N–H and O–H groups in total. The number of nitrogens with zero attached hydrogens (tertiary/aromatic N) is 2. The van der Waals surface area contributed by atoms with Gasteiger partial charge in [-0.1, -0.05) is 12.1 Å². The van der Waals surface area contributed by atoms with Gasteiger partial charge >= 0.3 is 6.03 Å². The first kappa shape index (κ1) is 19.2. The predicted octanol–water partition coefficient (Wildman–Crippen LogP) is 4.27. The summed E-state index contributed by atoms with van der Waals surface area (Å²) in [4.78, 5) is 31.9. The molecule has 0 saturated carbocycles. The van der Waals surface area contributed by atoms with Gasteiger partial charge in [-0.25, -0.2) is 9.78 Å². The smallest absolute Gasteiger partial charge is 0.321 e. The Morgan fingerprint density at radius 1 is 1.21 bits per heavy atom. The molecule has 0 bridgehead atoms. The molecule has 150 valence electrons. The van der Waals surface area contributed by atoms with Crippen LogP contribution in [0.2, 0.25) is 0 Å². The second-order valence-corrected chi connectivity index (χ2v) is 8.11. The topological polar surface area (TPSA) is 87.5 Å². The molecule has 29 heavy (non-hydrogen) atoms. The van der Waals surface area contributed by atoms with Gasteiger partial charge in [0.2, 0.25) is 0 Å². The van der Waals surface area contributed by atoms with E-state index in [1.54, 1.807) is 12.3 Å². The number of thiazole rings is 1. The average molecular weight is 410 g/mol. The Labute approximate surface area is 172 Å². The quantitative estimate of drug-likeness (QED) is 0.658. The lowest BCUT2D eigenvalue weighted by Gasteiger charge is -2.16. The highest BCUT2D eigenvalue weighted by Gasteiger charge is 2.19. The number of hydrogen-bond acceptors (Lipinski definition) is 5. The van der Waals surface area contributed by atoms with Gasteiger partial charge in [0.25, 0.3) is 5.91 Å². The Hall–Kier alpha value is -3.13. The van der Waals surface area contributed by atoms with Crippen molar-refractivity contribution >= 4 is 29.0 Å². The summed E-state index contributed by atoms with van der Waals surface area (Å²) < 4.78 is 5.36. The minimum absolute atomic E-state index is 0.0766. The van der Waals surface area contributed by atoms with Crippen molar-refractivity contribution in [3.8, 4) is 10.8 Å². The van der Waals surface area contributed by atoms with Gasteiger partial charge in [-0.3, -0.25) is 4.79 Å². The summed E-state index contributed by atoms with van der Waals surface area (Å²) in [6.45, 7) is 3.82. The lowest BCUT2D eigenvalue weighted by Crippen LogP contribution is -2.32. The van der Waals surface area contributed by atoms with Crippen molar-refractivity contribution in [3.05, 3.63) is 58.8 Å². The van der Waals surface area contributed by atoms with Crippen LogP contribution in [0.1, 0.15) is 33.8 Å². The molecular formula is C21H22N4O3S. The van der Waals surface area contributed by atoms with Crippen LogP contribution < -0.4 is 10.6 Å². The van der Waals surface area contributed by atoms with Crippen LogP contribution in [-0.2, 0) is 6.54 Å². The van der Waals surface area contributed by atoms with Crippen molar-refractivity contribution < 1.29 is 14.0 Å². The summed E-state index contributed by atoms with van der Waals surface area (Å²) in [6, 6.07) is 11.0. The molecule has 8 heteroatoms. The summed E-state index contributed by atoms with van der Waals surface area (Å²) in [7, 11) is 0. The first-order chi connectivity index (χ1) is 14.1.